The van der Waals surface area contributed by atoms with Crippen molar-refractivity contribution in [2.75, 3.05) is 12.8 Å². The Morgan fingerprint density at radius 2 is 1.83 bits per heavy atom. The predicted molar refractivity (Wildman–Crippen MR) is 124 cm³/mol. The van der Waals surface area contributed by atoms with Crippen LogP contribution in [-0.2, 0) is 17.8 Å². The van der Waals surface area contributed by atoms with Gasteiger partial charge < -0.3 is 4.90 Å². The smallest absolute Gasteiger partial charge is 0.262 e. The van der Waals surface area contributed by atoms with Crippen molar-refractivity contribution in [1.82, 2.24) is 14.5 Å². The largest absolute Gasteiger partial charge is 0.341 e. The van der Waals surface area contributed by atoms with Crippen LogP contribution in [0.1, 0.15) is 37.9 Å². The molecule has 0 unspecified atom stereocenters. The number of carbonyl (C=O) groups is 1. The van der Waals surface area contributed by atoms with E-state index in [1.165, 1.54) is 17.3 Å². The van der Waals surface area contributed by atoms with Gasteiger partial charge in [0.25, 0.3) is 5.56 Å². The molecule has 1 heterocycles. The number of carbonyl (C=O) groups excluding carboxylic acids is 1. The highest BCUT2D eigenvalue weighted by Crippen LogP contribution is 2.23. The molecule has 0 aliphatic heterocycles. The molecule has 5 nitrogen and oxygen atoms in total. The van der Waals surface area contributed by atoms with Crippen molar-refractivity contribution >= 4 is 40.2 Å². The summed E-state index contributed by atoms with van der Waals surface area (Å²) in [4.78, 5) is 32.0. The van der Waals surface area contributed by atoms with Crippen molar-refractivity contribution in [3.05, 3.63) is 69.0 Å². The van der Waals surface area contributed by atoms with Gasteiger partial charge in [-0.3, -0.25) is 14.2 Å². The van der Waals surface area contributed by atoms with Crippen LogP contribution in [0.5, 0.6) is 0 Å². The van der Waals surface area contributed by atoms with E-state index in [0.29, 0.717) is 27.6 Å². The van der Waals surface area contributed by atoms with Crippen molar-refractivity contribution in [3.8, 4) is 0 Å². The highest BCUT2D eigenvalue weighted by atomic mass is 35.5. The molecule has 0 fully saturated rings. The SMILES string of the molecule is CCc1ccc(CN(C)C(=O)CSc2nc3cc(Cl)ccc3c(=O)n2C(C)C)cc1. The van der Waals surface area contributed by atoms with Crippen LogP contribution in [0.25, 0.3) is 10.9 Å². The Bertz CT molecular complexity index is 1110. The van der Waals surface area contributed by atoms with Gasteiger partial charge in [0, 0.05) is 24.7 Å². The summed E-state index contributed by atoms with van der Waals surface area (Å²) in [5.41, 5.74) is 2.79. The molecule has 3 aromatic rings. The van der Waals surface area contributed by atoms with Crippen molar-refractivity contribution in [2.24, 2.45) is 0 Å². The number of benzene rings is 2. The third kappa shape index (κ3) is 5.05. The maximum atomic E-state index is 12.9. The van der Waals surface area contributed by atoms with Crippen LogP contribution < -0.4 is 5.56 Å². The fraction of sp³-hybridized carbons (Fsp3) is 0.348. The lowest BCUT2D eigenvalue weighted by molar-refractivity contribution is -0.127. The van der Waals surface area contributed by atoms with Crippen molar-refractivity contribution in [2.45, 2.75) is 44.9 Å². The molecule has 0 aliphatic carbocycles. The minimum atomic E-state index is -0.119. The van der Waals surface area contributed by atoms with Gasteiger partial charge in [0.05, 0.1) is 16.7 Å². The zero-order valence-corrected chi connectivity index (χ0v) is 19.3. The van der Waals surface area contributed by atoms with E-state index >= 15 is 0 Å². The van der Waals surface area contributed by atoms with E-state index in [-0.39, 0.29) is 23.3 Å². The summed E-state index contributed by atoms with van der Waals surface area (Å²) in [6.45, 7) is 6.53. The second kappa shape index (κ2) is 9.67. The van der Waals surface area contributed by atoms with E-state index in [4.69, 9.17) is 11.6 Å². The van der Waals surface area contributed by atoms with Crippen LogP contribution in [0.15, 0.2) is 52.4 Å². The molecule has 3 rings (SSSR count). The Morgan fingerprint density at radius 1 is 1.17 bits per heavy atom. The molecule has 0 saturated heterocycles. The Kier molecular flexibility index (Phi) is 7.21. The summed E-state index contributed by atoms with van der Waals surface area (Å²) in [6.07, 6.45) is 0.993. The summed E-state index contributed by atoms with van der Waals surface area (Å²) < 4.78 is 1.64. The Hall–Kier alpha value is -2.31. The van der Waals surface area contributed by atoms with Crippen LogP contribution in [0.2, 0.25) is 5.02 Å². The number of hydrogen-bond donors (Lipinski definition) is 0. The fourth-order valence-corrected chi connectivity index (χ4v) is 4.42. The van der Waals surface area contributed by atoms with Crippen LogP contribution in [0, 0.1) is 0 Å². The third-order valence-corrected chi connectivity index (χ3v) is 6.12. The summed E-state index contributed by atoms with van der Waals surface area (Å²) in [5.74, 6) is 0.185. The fourth-order valence-electron chi connectivity index (χ4n) is 3.19. The summed E-state index contributed by atoms with van der Waals surface area (Å²) in [6, 6.07) is 13.3. The summed E-state index contributed by atoms with van der Waals surface area (Å²) in [7, 11) is 1.79. The van der Waals surface area contributed by atoms with Gasteiger partial charge in [-0.2, -0.15) is 0 Å². The summed E-state index contributed by atoms with van der Waals surface area (Å²) in [5, 5.41) is 1.58. The minimum Gasteiger partial charge on any atom is -0.341 e. The number of thioether (sulfide) groups is 1. The Labute approximate surface area is 186 Å². The molecule has 0 N–H and O–H groups in total. The topological polar surface area (TPSA) is 55.2 Å². The summed E-state index contributed by atoms with van der Waals surface area (Å²) >= 11 is 7.36. The Balaban J connectivity index is 1.77. The van der Waals surface area contributed by atoms with Crippen molar-refractivity contribution in [3.63, 3.8) is 0 Å². The Morgan fingerprint density at radius 3 is 2.47 bits per heavy atom. The molecular weight excluding hydrogens is 418 g/mol. The van der Waals surface area contributed by atoms with Crippen LogP contribution in [0.4, 0.5) is 0 Å². The molecule has 0 aliphatic rings. The second-order valence-electron chi connectivity index (χ2n) is 7.53. The van der Waals surface area contributed by atoms with E-state index in [0.717, 1.165) is 12.0 Å². The molecule has 1 aromatic heterocycles. The van der Waals surface area contributed by atoms with Gasteiger partial charge in [0.2, 0.25) is 5.91 Å². The highest BCUT2D eigenvalue weighted by Gasteiger charge is 2.17. The molecular formula is C23H26ClN3O2S. The average molecular weight is 444 g/mol. The number of aromatic nitrogens is 2. The van der Waals surface area contributed by atoms with Crippen molar-refractivity contribution in [1.29, 1.82) is 0 Å². The normalized spacial score (nSPS) is 11.3. The molecule has 0 saturated carbocycles. The van der Waals surface area contributed by atoms with Gasteiger partial charge in [-0.05, 0) is 49.6 Å². The zero-order chi connectivity index (χ0) is 21.8. The molecule has 0 radical (unpaired) electrons. The first-order valence-electron chi connectivity index (χ1n) is 9.96. The van der Waals surface area contributed by atoms with Gasteiger partial charge in [0.15, 0.2) is 5.16 Å². The van der Waals surface area contributed by atoms with Crippen LogP contribution >= 0.6 is 23.4 Å². The van der Waals surface area contributed by atoms with E-state index in [1.54, 1.807) is 34.7 Å². The molecule has 1 amide bonds. The van der Waals surface area contributed by atoms with E-state index in [9.17, 15) is 9.59 Å². The number of hydrogen-bond acceptors (Lipinski definition) is 4. The van der Waals surface area contributed by atoms with Crippen LogP contribution in [0.3, 0.4) is 0 Å². The number of aryl methyl sites for hydroxylation is 1. The lowest BCUT2D eigenvalue weighted by Gasteiger charge is -2.19. The molecule has 30 heavy (non-hydrogen) atoms. The quantitative estimate of drug-likeness (QED) is 0.383. The van der Waals surface area contributed by atoms with Crippen LogP contribution in [-0.4, -0.2) is 33.2 Å². The zero-order valence-electron chi connectivity index (χ0n) is 17.7. The molecule has 0 bridgehead atoms. The molecule has 0 atom stereocenters. The first kappa shape index (κ1) is 22.4. The standard InChI is InChI=1S/C23H26ClN3O2S/c1-5-16-6-8-17(9-7-16)13-26(4)21(28)14-30-23-25-20-12-18(24)10-11-19(20)22(29)27(23)15(2)3/h6-12,15H,5,13-14H2,1-4H3. The average Bonchev–Trinajstić information content (AvgIpc) is 2.71. The van der Waals surface area contributed by atoms with E-state index < -0.39 is 0 Å². The monoisotopic (exact) mass is 443 g/mol. The number of rotatable bonds is 7. The number of nitrogens with zero attached hydrogens (tertiary/aromatic N) is 3. The van der Waals surface area contributed by atoms with Crippen molar-refractivity contribution < 1.29 is 4.79 Å². The van der Waals surface area contributed by atoms with Gasteiger partial charge >= 0.3 is 0 Å². The molecule has 2 aromatic carbocycles. The van der Waals surface area contributed by atoms with Gasteiger partial charge in [0.1, 0.15) is 0 Å². The molecule has 158 valence electrons. The first-order valence-corrected chi connectivity index (χ1v) is 11.3. The third-order valence-electron chi connectivity index (χ3n) is 4.95. The second-order valence-corrected chi connectivity index (χ2v) is 8.91. The number of fused-ring (bicyclic) bond motifs is 1. The predicted octanol–water partition coefficient (Wildman–Crippen LogP) is 4.94. The van der Waals surface area contributed by atoms with Gasteiger partial charge in [-0.25, -0.2) is 4.98 Å². The van der Waals surface area contributed by atoms with E-state index in [2.05, 4.69) is 36.2 Å². The lowest BCUT2D eigenvalue weighted by atomic mass is 10.1. The number of amides is 1. The highest BCUT2D eigenvalue weighted by molar-refractivity contribution is 7.99. The first-order chi connectivity index (χ1) is 14.3. The molecule has 0 spiro atoms. The lowest BCUT2D eigenvalue weighted by Crippen LogP contribution is -2.29. The minimum absolute atomic E-state index is 0.0182. The maximum absolute atomic E-state index is 12.9. The molecule has 7 heteroatoms. The van der Waals surface area contributed by atoms with E-state index in [1.807, 2.05) is 13.8 Å². The van der Waals surface area contributed by atoms with Gasteiger partial charge in [-0.15, -0.1) is 0 Å². The number of halogens is 1. The van der Waals surface area contributed by atoms with Gasteiger partial charge in [-0.1, -0.05) is 54.6 Å². The maximum Gasteiger partial charge on any atom is 0.262 e.